The number of rotatable bonds is 8. The Bertz CT molecular complexity index is 1220. The van der Waals surface area contributed by atoms with Crippen LogP contribution in [0, 0.1) is 5.92 Å². The van der Waals surface area contributed by atoms with Crippen LogP contribution in [0.5, 0.6) is 17.2 Å². The third-order valence-electron chi connectivity index (χ3n) is 6.07. The molecule has 3 aromatic rings. The van der Waals surface area contributed by atoms with Crippen molar-refractivity contribution in [1.82, 2.24) is 0 Å². The third kappa shape index (κ3) is 6.43. The Morgan fingerprint density at radius 2 is 1.70 bits per heavy atom. The van der Waals surface area contributed by atoms with Crippen molar-refractivity contribution < 1.29 is 41.3 Å². The molecule has 1 aliphatic rings. The van der Waals surface area contributed by atoms with Gasteiger partial charge < -0.3 is 24.2 Å². The highest BCUT2D eigenvalue weighted by molar-refractivity contribution is 5.80. The second-order valence-electron chi connectivity index (χ2n) is 8.97. The first-order valence-electron chi connectivity index (χ1n) is 11.6. The summed E-state index contributed by atoms with van der Waals surface area (Å²) in [5.74, 6) is -0.00390. The van der Waals surface area contributed by atoms with Crippen LogP contribution >= 0.6 is 0 Å². The van der Waals surface area contributed by atoms with Crippen molar-refractivity contribution in [2.75, 3.05) is 18.1 Å². The van der Waals surface area contributed by atoms with Gasteiger partial charge in [0.15, 0.2) is 5.75 Å². The first-order valence-corrected chi connectivity index (χ1v) is 11.6. The van der Waals surface area contributed by atoms with Crippen LogP contribution in [0.15, 0.2) is 66.7 Å². The van der Waals surface area contributed by atoms with Crippen molar-refractivity contribution in [3.63, 3.8) is 0 Å². The Morgan fingerprint density at radius 3 is 2.41 bits per heavy atom. The number of para-hydroxylation sites is 1. The van der Waals surface area contributed by atoms with Crippen molar-refractivity contribution >= 4 is 5.69 Å². The van der Waals surface area contributed by atoms with E-state index in [1.54, 1.807) is 36.4 Å². The number of β-amino-alcohol motifs (C(OH)–C–C–N with tert-alkyl or cyclic N) is 1. The van der Waals surface area contributed by atoms with Gasteiger partial charge in [-0.1, -0.05) is 50.2 Å². The van der Waals surface area contributed by atoms with Crippen LogP contribution in [-0.2, 0) is 0 Å². The van der Waals surface area contributed by atoms with Gasteiger partial charge in [-0.25, -0.2) is 0 Å². The summed E-state index contributed by atoms with van der Waals surface area (Å²) in [4.78, 5) is 1.92. The molecular formula is C27H26F5NO4. The highest BCUT2D eigenvalue weighted by Gasteiger charge is 2.34. The maximum atomic E-state index is 12.8. The third-order valence-corrected chi connectivity index (χ3v) is 6.07. The van der Waals surface area contributed by atoms with Gasteiger partial charge in [-0.2, -0.15) is 8.78 Å². The van der Waals surface area contributed by atoms with Crippen LogP contribution in [-0.4, -0.2) is 37.3 Å². The molecule has 0 fully saturated rings. The second kappa shape index (κ2) is 10.8. The summed E-state index contributed by atoms with van der Waals surface area (Å²) in [6.07, 6.45) is -5.55. The molecule has 2 atom stereocenters. The largest absolute Gasteiger partial charge is 0.573 e. The molecule has 4 rings (SSSR count). The smallest absolute Gasteiger partial charge is 0.488 e. The molecule has 1 aliphatic heterocycles. The standard InChI is InChI=1S/C27H26F5NO4/c1-16(2)24(34)14-33-22-11-5-10-21(17-6-3-9-20(12-17)37-27(30,31)32)25(22)35-15-23(33)18-7-4-8-19(13-18)36-26(28)29/h3-13,16,23-24,26,34H,14-15H2,1-2H3. The highest BCUT2D eigenvalue weighted by Crippen LogP contribution is 2.46. The number of hydrogen-bond acceptors (Lipinski definition) is 5. The Labute approximate surface area is 211 Å². The summed E-state index contributed by atoms with van der Waals surface area (Å²) in [6, 6.07) is 16.7. The molecule has 0 spiro atoms. The number of aliphatic hydroxyl groups excluding tert-OH is 1. The first kappa shape index (κ1) is 26.5. The SMILES string of the molecule is CC(C)C(O)CN1c2cccc(-c3cccc(OC(F)(F)F)c3)c2OCC1c1cccc(OC(F)F)c1. The number of nitrogens with zero attached hydrogens (tertiary/aromatic N) is 1. The molecule has 37 heavy (non-hydrogen) atoms. The maximum absolute atomic E-state index is 12.8. The van der Waals surface area contributed by atoms with E-state index in [2.05, 4.69) is 9.47 Å². The molecule has 0 aromatic heterocycles. The number of ether oxygens (including phenoxy) is 3. The zero-order chi connectivity index (χ0) is 26.7. The summed E-state index contributed by atoms with van der Waals surface area (Å²) >= 11 is 0. The zero-order valence-electron chi connectivity index (χ0n) is 20.1. The molecule has 1 heterocycles. The van der Waals surface area contributed by atoms with Crippen molar-refractivity contribution in [2.45, 2.75) is 39.0 Å². The highest BCUT2D eigenvalue weighted by atomic mass is 19.4. The predicted octanol–water partition coefficient (Wildman–Crippen LogP) is 6.81. The summed E-state index contributed by atoms with van der Waals surface area (Å²) in [5.41, 5.74) is 2.25. The second-order valence-corrected chi connectivity index (χ2v) is 8.97. The Morgan fingerprint density at radius 1 is 1.00 bits per heavy atom. The molecule has 3 aromatic carbocycles. The maximum Gasteiger partial charge on any atom is 0.573 e. The summed E-state index contributed by atoms with van der Waals surface area (Å²) in [5, 5.41) is 10.7. The molecule has 1 N–H and O–H groups in total. The van der Waals surface area contributed by atoms with Gasteiger partial charge in [0.25, 0.3) is 0 Å². The fourth-order valence-corrected chi connectivity index (χ4v) is 4.22. The number of hydrogen-bond donors (Lipinski definition) is 1. The van der Waals surface area contributed by atoms with Gasteiger partial charge >= 0.3 is 13.0 Å². The van der Waals surface area contributed by atoms with Gasteiger partial charge in [0.2, 0.25) is 0 Å². The number of aliphatic hydroxyl groups is 1. The molecule has 0 bridgehead atoms. The lowest BCUT2D eigenvalue weighted by Gasteiger charge is -2.41. The Balaban J connectivity index is 1.75. The molecule has 0 saturated carbocycles. The minimum atomic E-state index is -4.83. The van der Waals surface area contributed by atoms with Crippen LogP contribution < -0.4 is 19.1 Å². The van der Waals surface area contributed by atoms with Crippen LogP contribution in [0.2, 0.25) is 0 Å². The zero-order valence-corrected chi connectivity index (χ0v) is 20.1. The lowest BCUT2D eigenvalue weighted by Crippen LogP contribution is -2.42. The van der Waals surface area contributed by atoms with Crippen LogP contribution in [0.3, 0.4) is 0 Å². The molecule has 2 unspecified atom stereocenters. The van der Waals surface area contributed by atoms with E-state index in [0.29, 0.717) is 28.1 Å². The van der Waals surface area contributed by atoms with Gasteiger partial charge in [0.1, 0.15) is 18.1 Å². The van der Waals surface area contributed by atoms with E-state index in [1.165, 1.54) is 30.3 Å². The van der Waals surface area contributed by atoms with Gasteiger partial charge in [-0.05, 0) is 47.4 Å². The van der Waals surface area contributed by atoms with E-state index in [9.17, 15) is 27.1 Å². The number of alkyl halides is 5. The normalized spacial score (nSPS) is 16.4. The molecule has 0 amide bonds. The van der Waals surface area contributed by atoms with Crippen LogP contribution in [0.25, 0.3) is 11.1 Å². The minimum Gasteiger partial charge on any atom is -0.488 e. The molecule has 5 nitrogen and oxygen atoms in total. The van der Waals surface area contributed by atoms with E-state index in [0.717, 1.165) is 0 Å². The topological polar surface area (TPSA) is 51.2 Å². The summed E-state index contributed by atoms with van der Waals surface area (Å²) < 4.78 is 78.6. The molecule has 10 heteroatoms. The Hall–Kier alpha value is -3.53. The molecular weight excluding hydrogens is 497 g/mol. The van der Waals surface area contributed by atoms with E-state index in [-0.39, 0.29) is 30.6 Å². The number of benzene rings is 3. The Kier molecular flexibility index (Phi) is 7.77. The monoisotopic (exact) mass is 523 g/mol. The fraction of sp³-hybridized carbons (Fsp3) is 0.333. The van der Waals surface area contributed by atoms with Crippen LogP contribution in [0.1, 0.15) is 25.5 Å². The molecule has 0 aliphatic carbocycles. The van der Waals surface area contributed by atoms with Gasteiger partial charge in [-0.15, -0.1) is 13.2 Å². The molecule has 0 saturated heterocycles. The fourth-order valence-electron chi connectivity index (χ4n) is 4.22. The molecule has 198 valence electrons. The predicted molar refractivity (Wildman–Crippen MR) is 128 cm³/mol. The number of halogens is 5. The van der Waals surface area contributed by atoms with E-state index in [1.807, 2.05) is 18.7 Å². The average Bonchev–Trinajstić information content (AvgIpc) is 2.82. The first-order chi connectivity index (χ1) is 17.5. The summed E-state index contributed by atoms with van der Waals surface area (Å²) in [7, 11) is 0. The summed E-state index contributed by atoms with van der Waals surface area (Å²) in [6.45, 7) is 1.09. The number of fused-ring (bicyclic) bond motifs is 1. The molecule has 0 radical (unpaired) electrons. The van der Waals surface area contributed by atoms with E-state index in [4.69, 9.17) is 4.74 Å². The average molecular weight is 523 g/mol. The lowest BCUT2D eigenvalue weighted by atomic mass is 9.97. The van der Waals surface area contributed by atoms with Crippen molar-refractivity contribution in [3.05, 3.63) is 72.3 Å². The van der Waals surface area contributed by atoms with Gasteiger partial charge in [-0.3, -0.25) is 0 Å². The van der Waals surface area contributed by atoms with E-state index >= 15 is 0 Å². The van der Waals surface area contributed by atoms with Crippen LogP contribution in [0.4, 0.5) is 27.6 Å². The van der Waals surface area contributed by atoms with Gasteiger partial charge in [0.05, 0.1) is 17.8 Å². The minimum absolute atomic E-state index is 0.00196. The van der Waals surface area contributed by atoms with Crippen molar-refractivity contribution in [1.29, 1.82) is 0 Å². The lowest BCUT2D eigenvalue weighted by molar-refractivity contribution is -0.274. The van der Waals surface area contributed by atoms with Gasteiger partial charge in [0, 0.05) is 12.1 Å². The van der Waals surface area contributed by atoms with E-state index < -0.39 is 25.1 Å². The quantitative estimate of drug-likeness (QED) is 0.329. The number of anilines is 1. The van der Waals surface area contributed by atoms with Crippen molar-refractivity contribution in [3.8, 4) is 28.4 Å². The van der Waals surface area contributed by atoms with Crippen molar-refractivity contribution in [2.24, 2.45) is 5.92 Å².